The van der Waals surface area contributed by atoms with E-state index in [1.807, 2.05) is 24.3 Å². The van der Waals surface area contributed by atoms with Crippen LogP contribution in [-0.4, -0.2) is 63.4 Å². The molecule has 0 spiro atoms. The lowest BCUT2D eigenvalue weighted by atomic mass is 10.2. The van der Waals surface area contributed by atoms with Gasteiger partial charge in [-0.15, -0.1) is 0 Å². The van der Waals surface area contributed by atoms with Crippen molar-refractivity contribution in [1.82, 2.24) is 14.5 Å². The van der Waals surface area contributed by atoms with E-state index in [-0.39, 0.29) is 23.8 Å². The number of ether oxygens (including phenoxy) is 1. The number of benzene rings is 2. The van der Waals surface area contributed by atoms with Crippen LogP contribution in [0.3, 0.4) is 0 Å². The van der Waals surface area contributed by atoms with E-state index in [0.29, 0.717) is 32.6 Å². The average molecular weight is 432 g/mol. The van der Waals surface area contributed by atoms with Crippen LogP contribution in [0.5, 0.6) is 5.75 Å². The molecular formula is C22H29N3O4S. The Morgan fingerprint density at radius 2 is 1.80 bits per heavy atom. The summed E-state index contributed by atoms with van der Waals surface area (Å²) < 4.78 is 32.8. The Hall–Kier alpha value is -2.42. The smallest absolute Gasteiger partial charge is 0.243 e. The third-order valence-electron chi connectivity index (χ3n) is 5.14. The first-order chi connectivity index (χ1) is 14.5. The van der Waals surface area contributed by atoms with Gasteiger partial charge >= 0.3 is 0 Å². The first-order valence-electron chi connectivity index (χ1n) is 10.2. The number of carbonyl (C=O) groups is 1. The third kappa shape index (κ3) is 6.04. The Morgan fingerprint density at radius 1 is 1.00 bits per heavy atom. The van der Waals surface area contributed by atoms with Crippen LogP contribution in [0, 0.1) is 0 Å². The van der Waals surface area contributed by atoms with E-state index in [1.165, 1.54) is 4.31 Å². The highest BCUT2D eigenvalue weighted by molar-refractivity contribution is 7.89. The summed E-state index contributed by atoms with van der Waals surface area (Å²) in [7, 11) is -1.99. The summed E-state index contributed by atoms with van der Waals surface area (Å²) in [6.45, 7) is 3.23. The molecule has 1 fully saturated rings. The molecule has 7 nitrogen and oxygen atoms in total. The number of sulfonamides is 1. The molecule has 0 saturated carbocycles. The SMILES string of the molecule is COc1cccc(CN2CCCN(S(=O)(=O)c3ccccc3)CCC(=O)NCC2)c1. The van der Waals surface area contributed by atoms with Gasteiger partial charge in [0.15, 0.2) is 0 Å². The van der Waals surface area contributed by atoms with Gasteiger partial charge < -0.3 is 10.1 Å². The molecule has 1 heterocycles. The fraction of sp³-hybridized carbons (Fsp3) is 0.409. The summed E-state index contributed by atoms with van der Waals surface area (Å²) in [5.41, 5.74) is 1.12. The Kier molecular flexibility index (Phi) is 7.84. The van der Waals surface area contributed by atoms with Gasteiger partial charge in [0.05, 0.1) is 12.0 Å². The van der Waals surface area contributed by atoms with Gasteiger partial charge in [-0.1, -0.05) is 30.3 Å². The van der Waals surface area contributed by atoms with Crippen LogP contribution in [-0.2, 0) is 21.4 Å². The number of methoxy groups -OCH3 is 1. The summed E-state index contributed by atoms with van der Waals surface area (Å²) in [5.74, 6) is 0.672. The third-order valence-corrected chi connectivity index (χ3v) is 7.05. The molecule has 2 aromatic carbocycles. The maximum atomic E-state index is 13.1. The summed E-state index contributed by atoms with van der Waals surface area (Å²) in [6, 6.07) is 16.3. The number of rotatable bonds is 5. The molecule has 30 heavy (non-hydrogen) atoms. The number of amides is 1. The Morgan fingerprint density at radius 3 is 2.57 bits per heavy atom. The molecule has 1 aliphatic heterocycles. The molecule has 3 rings (SSSR count). The fourth-order valence-electron chi connectivity index (χ4n) is 3.53. The molecule has 162 valence electrons. The van der Waals surface area contributed by atoms with Crippen molar-refractivity contribution in [2.24, 2.45) is 0 Å². The second-order valence-electron chi connectivity index (χ2n) is 7.30. The number of hydrogen-bond acceptors (Lipinski definition) is 5. The lowest BCUT2D eigenvalue weighted by Gasteiger charge is -2.24. The molecule has 8 heteroatoms. The maximum Gasteiger partial charge on any atom is 0.243 e. The van der Waals surface area contributed by atoms with Gasteiger partial charge in [-0.25, -0.2) is 8.42 Å². The van der Waals surface area contributed by atoms with Crippen LogP contribution in [0.4, 0.5) is 0 Å². The molecule has 0 radical (unpaired) electrons. The molecule has 0 atom stereocenters. The number of hydrogen-bond donors (Lipinski definition) is 1. The highest BCUT2D eigenvalue weighted by Crippen LogP contribution is 2.18. The minimum atomic E-state index is -3.63. The van der Waals surface area contributed by atoms with Crippen LogP contribution < -0.4 is 10.1 Å². The molecule has 1 amide bonds. The number of nitrogens with zero attached hydrogens (tertiary/aromatic N) is 2. The zero-order valence-corrected chi connectivity index (χ0v) is 18.1. The first-order valence-corrected chi connectivity index (χ1v) is 11.6. The second-order valence-corrected chi connectivity index (χ2v) is 9.24. The van der Waals surface area contributed by atoms with Crippen LogP contribution in [0.1, 0.15) is 18.4 Å². The van der Waals surface area contributed by atoms with Crippen LogP contribution in [0.2, 0.25) is 0 Å². The Labute approximate surface area is 178 Å². The molecule has 0 bridgehead atoms. The minimum absolute atomic E-state index is 0.133. The molecule has 2 aromatic rings. The van der Waals surface area contributed by atoms with Crippen molar-refractivity contribution in [2.75, 3.05) is 39.8 Å². The summed E-state index contributed by atoms with van der Waals surface area (Å²) in [4.78, 5) is 14.7. The lowest BCUT2D eigenvalue weighted by molar-refractivity contribution is -0.121. The maximum absolute atomic E-state index is 13.1. The van der Waals surface area contributed by atoms with Crippen molar-refractivity contribution in [1.29, 1.82) is 0 Å². The van der Waals surface area contributed by atoms with Gasteiger partial charge in [-0.05, 0) is 42.8 Å². The van der Waals surface area contributed by atoms with Crippen LogP contribution >= 0.6 is 0 Å². The predicted octanol–water partition coefficient (Wildman–Crippen LogP) is 2.10. The van der Waals surface area contributed by atoms with Gasteiger partial charge in [-0.2, -0.15) is 4.31 Å². The van der Waals surface area contributed by atoms with Gasteiger partial charge in [0.2, 0.25) is 15.9 Å². The Balaban J connectivity index is 1.72. The van der Waals surface area contributed by atoms with Crippen LogP contribution in [0.25, 0.3) is 0 Å². The number of carbonyl (C=O) groups excluding carboxylic acids is 1. The van der Waals surface area contributed by atoms with Crippen molar-refractivity contribution in [2.45, 2.75) is 24.3 Å². The molecule has 0 aliphatic carbocycles. The van der Waals surface area contributed by atoms with E-state index in [2.05, 4.69) is 10.2 Å². The highest BCUT2D eigenvalue weighted by atomic mass is 32.2. The molecular weight excluding hydrogens is 402 g/mol. The van der Waals surface area contributed by atoms with Crippen molar-refractivity contribution in [3.63, 3.8) is 0 Å². The average Bonchev–Trinajstić information content (AvgIpc) is 2.80. The van der Waals surface area contributed by atoms with E-state index in [0.717, 1.165) is 17.9 Å². The second kappa shape index (κ2) is 10.6. The van der Waals surface area contributed by atoms with Crippen molar-refractivity contribution in [3.05, 3.63) is 60.2 Å². The highest BCUT2D eigenvalue weighted by Gasteiger charge is 2.25. The van der Waals surface area contributed by atoms with Crippen LogP contribution in [0.15, 0.2) is 59.5 Å². The van der Waals surface area contributed by atoms with E-state index in [1.54, 1.807) is 37.4 Å². The molecule has 1 N–H and O–H groups in total. The van der Waals surface area contributed by atoms with E-state index in [9.17, 15) is 13.2 Å². The molecule has 1 saturated heterocycles. The largest absolute Gasteiger partial charge is 0.497 e. The van der Waals surface area contributed by atoms with Crippen molar-refractivity contribution in [3.8, 4) is 5.75 Å². The summed E-state index contributed by atoms with van der Waals surface area (Å²) in [5, 5.41) is 2.90. The van der Waals surface area contributed by atoms with Gasteiger partial charge in [0.25, 0.3) is 0 Å². The Bertz CT molecular complexity index is 934. The van der Waals surface area contributed by atoms with Gasteiger partial charge in [0.1, 0.15) is 5.75 Å². The lowest BCUT2D eigenvalue weighted by Crippen LogP contribution is -2.36. The number of nitrogens with one attached hydrogen (secondary N) is 1. The van der Waals surface area contributed by atoms with E-state index >= 15 is 0 Å². The molecule has 0 aromatic heterocycles. The van der Waals surface area contributed by atoms with E-state index in [4.69, 9.17) is 4.74 Å². The molecule has 1 aliphatic rings. The zero-order valence-electron chi connectivity index (χ0n) is 17.3. The van der Waals surface area contributed by atoms with Gasteiger partial charge in [0, 0.05) is 39.1 Å². The minimum Gasteiger partial charge on any atom is -0.497 e. The van der Waals surface area contributed by atoms with Crippen molar-refractivity contribution < 1.29 is 17.9 Å². The standard InChI is InChI=1S/C22H29N3O4S/c1-29-20-8-5-7-19(17-20)18-24-13-6-14-25(15-11-22(26)23-12-16-24)30(27,28)21-9-3-2-4-10-21/h2-5,7-10,17H,6,11-16,18H2,1H3,(H,23,26). The fourth-order valence-corrected chi connectivity index (χ4v) is 5.03. The summed E-state index contributed by atoms with van der Waals surface area (Å²) >= 11 is 0. The topological polar surface area (TPSA) is 79.0 Å². The molecule has 0 unspecified atom stereocenters. The van der Waals surface area contributed by atoms with Crippen molar-refractivity contribution >= 4 is 15.9 Å². The van der Waals surface area contributed by atoms with E-state index < -0.39 is 10.0 Å². The normalized spacial score (nSPS) is 17.7. The predicted molar refractivity (Wildman–Crippen MR) is 116 cm³/mol. The monoisotopic (exact) mass is 431 g/mol. The first kappa shape index (κ1) is 22.3. The van der Waals surface area contributed by atoms with Gasteiger partial charge in [-0.3, -0.25) is 9.69 Å². The quantitative estimate of drug-likeness (QED) is 0.784. The summed E-state index contributed by atoms with van der Waals surface area (Å²) in [6.07, 6.45) is 0.839. The zero-order chi connectivity index (χ0) is 21.4.